The van der Waals surface area contributed by atoms with Crippen molar-refractivity contribution in [1.29, 1.82) is 0 Å². The van der Waals surface area contributed by atoms with Gasteiger partial charge in [0.25, 0.3) is 0 Å². The molecule has 0 aliphatic heterocycles. The van der Waals surface area contributed by atoms with Crippen molar-refractivity contribution in [2.45, 2.75) is 25.7 Å². The minimum atomic E-state index is -5.20. The summed E-state index contributed by atoms with van der Waals surface area (Å²) in [4.78, 5) is 31.2. The number of aryl methyl sites for hydroxylation is 4. The van der Waals surface area contributed by atoms with Crippen LogP contribution in [0.2, 0.25) is 0 Å². The summed E-state index contributed by atoms with van der Waals surface area (Å²) in [5, 5.41) is 4.49. The molecule has 0 saturated heterocycles. The molecule has 0 atom stereocenters. The second kappa shape index (κ2) is 10.5. The average Bonchev–Trinajstić information content (AvgIpc) is 3.67. The topological polar surface area (TPSA) is 34.1 Å². The van der Waals surface area contributed by atoms with Gasteiger partial charge in [-0.05, 0) is 0 Å². The fraction of sp³-hybridized carbons (Fsp3) is 0.105. The first kappa shape index (κ1) is 27.5. The molecule has 208 valence electrons. The molecule has 0 saturated carbocycles. The van der Waals surface area contributed by atoms with E-state index in [4.69, 9.17) is 0 Å². The molecule has 6 aromatic carbocycles. The van der Waals surface area contributed by atoms with E-state index in [-0.39, 0.29) is 7.60 Å². The zero-order valence-corrected chi connectivity index (χ0v) is 29.3. The van der Waals surface area contributed by atoms with Gasteiger partial charge in [-0.1, -0.05) is 0 Å². The van der Waals surface area contributed by atoms with Gasteiger partial charge in [0.05, 0.1) is 0 Å². The molecule has 0 fully saturated rings. The SMILES string of the molecule is O=[C](c1ccccc1)[Sn]([C](=O)c1ccccc1)([c]1ccc2c3c(ccc(Br)c13)CC2)[c]1ccc2c3c(ccc(Br)c13)CC2. The Labute approximate surface area is 271 Å². The van der Waals surface area contributed by atoms with Crippen LogP contribution in [-0.2, 0) is 25.7 Å². The summed E-state index contributed by atoms with van der Waals surface area (Å²) < 4.78 is 3.71. The van der Waals surface area contributed by atoms with Gasteiger partial charge in [0.1, 0.15) is 0 Å². The molecule has 0 bridgehead atoms. The first-order chi connectivity index (χ1) is 21.0. The number of hydrogen-bond donors (Lipinski definition) is 0. The summed E-state index contributed by atoms with van der Waals surface area (Å²) in [5.74, 6) is 0. The molecule has 0 aromatic heterocycles. The van der Waals surface area contributed by atoms with Crippen molar-refractivity contribution in [3.05, 3.63) is 152 Å². The van der Waals surface area contributed by atoms with Gasteiger partial charge in [-0.25, -0.2) is 0 Å². The summed E-state index contributed by atoms with van der Waals surface area (Å²) in [7, 11) is 0. The van der Waals surface area contributed by atoms with Crippen LogP contribution >= 0.6 is 31.9 Å². The van der Waals surface area contributed by atoms with Gasteiger partial charge in [0, 0.05) is 0 Å². The Morgan fingerprint density at radius 3 is 1.16 bits per heavy atom. The van der Waals surface area contributed by atoms with Crippen LogP contribution in [0, 0.1) is 0 Å². The maximum atomic E-state index is 15.6. The van der Waals surface area contributed by atoms with Gasteiger partial charge >= 0.3 is 273 Å². The molecule has 0 amide bonds. The zero-order chi connectivity index (χ0) is 29.3. The fourth-order valence-electron chi connectivity index (χ4n) is 7.55. The Hall–Kier alpha value is -3.06. The van der Waals surface area contributed by atoms with Crippen molar-refractivity contribution in [3.8, 4) is 0 Å². The van der Waals surface area contributed by atoms with Crippen molar-refractivity contribution < 1.29 is 9.59 Å². The normalized spacial score (nSPS) is 13.6. The van der Waals surface area contributed by atoms with Gasteiger partial charge < -0.3 is 0 Å². The summed E-state index contributed by atoms with van der Waals surface area (Å²) in [6.45, 7) is 0. The summed E-state index contributed by atoms with van der Waals surface area (Å²) in [6.07, 6.45) is 3.88. The van der Waals surface area contributed by atoms with E-state index in [1.54, 1.807) is 0 Å². The fourth-order valence-corrected chi connectivity index (χ4v) is 22.8. The quantitative estimate of drug-likeness (QED) is 0.160. The zero-order valence-electron chi connectivity index (χ0n) is 23.3. The Morgan fingerprint density at radius 1 is 0.442 bits per heavy atom. The van der Waals surface area contributed by atoms with Gasteiger partial charge in [-0.2, -0.15) is 0 Å². The molecule has 2 nitrogen and oxygen atoms in total. The van der Waals surface area contributed by atoms with E-state index < -0.39 is 18.4 Å². The Balaban J connectivity index is 1.61. The van der Waals surface area contributed by atoms with Crippen LogP contribution in [0.1, 0.15) is 43.0 Å². The number of halogens is 2. The molecule has 0 unspecified atom stereocenters. The maximum absolute atomic E-state index is 15.6. The first-order valence-corrected chi connectivity index (χ1v) is 22.0. The molecule has 5 heteroatoms. The van der Waals surface area contributed by atoms with Crippen LogP contribution in [0.15, 0.2) is 118 Å². The van der Waals surface area contributed by atoms with Crippen LogP contribution in [0.3, 0.4) is 0 Å². The number of hydrogen-bond acceptors (Lipinski definition) is 2. The second-order valence-corrected chi connectivity index (χ2v) is 23.3. The molecule has 0 heterocycles. The molecule has 0 N–H and O–H groups in total. The van der Waals surface area contributed by atoms with Crippen LogP contribution in [0.5, 0.6) is 0 Å². The van der Waals surface area contributed by atoms with Crippen LogP contribution in [-0.4, -0.2) is 26.0 Å². The van der Waals surface area contributed by atoms with Crippen molar-refractivity contribution >= 4 is 86.5 Å². The van der Waals surface area contributed by atoms with Crippen LogP contribution < -0.4 is 7.16 Å². The van der Waals surface area contributed by atoms with Crippen LogP contribution in [0.25, 0.3) is 21.5 Å². The van der Waals surface area contributed by atoms with Gasteiger partial charge in [-0.3, -0.25) is 0 Å². The summed E-state index contributed by atoms with van der Waals surface area (Å²) in [6, 6.07) is 36.3. The van der Waals surface area contributed by atoms with Gasteiger partial charge in [0.2, 0.25) is 0 Å². The van der Waals surface area contributed by atoms with Gasteiger partial charge in [-0.15, -0.1) is 0 Å². The number of benzene rings is 6. The second-order valence-electron chi connectivity index (χ2n) is 11.6. The predicted molar refractivity (Wildman–Crippen MR) is 185 cm³/mol. The molecular formula is C38H26Br2O2Sn. The van der Waals surface area contributed by atoms with Gasteiger partial charge in [0.15, 0.2) is 0 Å². The number of carbonyl (C=O) groups excluding carboxylic acids is 2. The van der Waals surface area contributed by atoms with E-state index in [1.807, 2.05) is 60.7 Å². The molecule has 2 aliphatic carbocycles. The van der Waals surface area contributed by atoms with E-state index in [9.17, 15) is 0 Å². The average molecular weight is 793 g/mol. The first-order valence-electron chi connectivity index (χ1n) is 14.7. The van der Waals surface area contributed by atoms with Crippen LogP contribution in [0.4, 0.5) is 0 Å². The minimum absolute atomic E-state index is 0.0139. The molecule has 0 spiro atoms. The summed E-state index contributed by atoms with van der Waals surface area (Å²) in [5.41, 5.74) is 6.35. The molecule has 43 heavy (non-hydrogen) atoms. The van der Waals surface area contributed by atoms with Crippen molar-refractivity contribution in [3.63, 3.8) is 0 Å². The Morgan fingerprint density at radius 2 is 0.791 bits per heavy atom. The van der Waals surface area contributed by atoms with E-state index >= 15 is 9.59 Å². The Kier molecular flexibility index (Phi) is 6.73. The molecule has 0 radical (unpaired) electrons. The molecular weight excluding hydrogens is 767 g/mol. The van der Waals surface area contributed by atoms with Crippen molar-refractivity contribution in [2.75, 3.05) is 0 Å². The monoisotopic (exact) mass is 792 g/mol. The Bertz CT molecular complexity index is 1960. The number of rotatable bonds is 6. The molecule has 8 rings (SSSR count). The van der Waals surface area contributed by atoms with E-state index in [0.717, 1.165) is 52.6 Å². The third-order valence-electron chi connectivity index (χ3n) is 9.45. The third-order valence-corrected chi connectivity index (χ3v) is 23.3. The molecule has 6 aromatic rings. The number of carbonyl (C=O) groups is 2. The van der Waals surface area contributed by atoms with E-state index in [1.165, 1.54) is 33.0 Å². The molecule has 2 aliphatic rings. The third kappa shape index (κ3) is 4.02. The predicted octanol–water partition coefficient (Wildman–Crippen LogP) is 8.12. The van der Waals surface area contributed by atoms with Crippen molar-refractivity contribution in [1.82, 2.24) is 0 Å². The van der Waals surface area contributed by atoms with Crippen molar-refractivity contribution in [2.24, 2.45) is 0 Å². The van der Waals surface area contributed by atoms with E-state index in [0.29, 0.717) is 11.1 Å². The standard InChI is InChI=1S/2C12H8Br.2C7H5O.Sn/c2*13-11-7-6-9-5-4-8-2-1-3-10(11)12(8)9;2*8-6-7-4-2-1-3-5-7;/h2*1-2,6-7H,4-5H2;2*1-5H;. The van der Waals surface area contributed by atoms with E-state index in [2.05, 4.69) is 80.4 Å². The summed E-state index contributed by atoms with van der Waals surface area (Å²) >= 11 is 2.64.